The number of amides is 2. The quantitative estimate of drug-likeness (QED) is 0.742. The molecule has 1 aromatic rings. The molecule has 2 atom stereocenters. The Bertz CT molecular complexity index is 507. The summed E-state index contributed by atoms with van der Waals surface area (Å²) in [5.41, 5.74) is 6.06. The zero-order valence-electron chi connectivity index (χ0n) is 11.2. The Morgan fingerprint density at radius 3 is 2.90 bits per heavy atom. The monoisotopic (exact) mass is 296 g/mol. The van der Waals surface area contributed by atoms with Crippen LogP contribution in [0.1, 0.15) is 19.3 Å². The van der Waals surface area contributed by atoms with Crippen LogP contribution in [0.4, 0.5) is 5.69 Å². The average molecular weight is 297 g/mol. The van der Waals surface area contributed by atoms with Gasteiger partial charge in [0.15, 0.2) is 12.6 Å². The highest BCUT2D eigenvalue weighted by atomic mass is 35.5. The molecule has 0 aromatic heterocycles. The smallest absolute Gasteiger partial charge is 0.279 e. The lowest BCUT2D eigenvalue weighted by molar-refractivity contribution is -0.913. The third-order valence-electron chi connectivity index (χ3n) is 3.57. The molecule has 1 aliphatic heterocycles. The van der Waals surface area contributed by atoms with Gasteiger partial charge in [0.05, 0.1) is 6.54 Å². The summed E-state index contributed by atoms with van der Waals surface area (Å²) in [5.74, 6) is -0.453. The molecular weight excluding hydrogens is 278 g/mol. The lowest BCUT2D eigenvalue weighted by Crippen LogP contribution is -3.18. The number of quaternary nitrogens is 1. The van der Waals surface area contributed by atoms with Crippen molar-refractivity contribution in [1.82, 2.24) is 0 Å². The van der Waals surface area contributed by atoms with Gasteiger partial charge in [-0.3, -0.25) is 9.59 Å². The molecule has 5 nitrogen and oxygen atoms in total. The van der Waals surface area contributed by atoms with Crippen LogP contribution in [-0.4, -0.2) is 30.9 Å². The molecule has 108 valence electrons. The molecular formula is C14H19ClN3O2+. The average Bonchev–Trinajstić information content (AvgIpc) is 2.38. The summed E-state index contributed by atoms with van der Waals surface area (Å²) >= 11 is 5.87. The van der Waals surface area contributed by atoms with Gasteiger partial charge in [-0.25, -0.2) is 0 Å². The summed E-state index contributed by atoms with van der Waals surface area (Å²) in [5, 5.41) is 3.37. The van der Waals surface area contributed by atoms with E-state index in [4.69, 9.17) is 17.3 Å². The number of primary amides is 1. The third-order valence-corrected chi connectivity index (χ3v) is 3.81. The van der Waals surface area contributed by atoms with Crippen molar-refractivity contribution in [3.8, 4) is 0 Å². The number of rotatable bonds is 4. The zero-order chi connectivity index (χ0) is 14.5. The molecule has 1 heterocycles. The number of hydrogen-bond acceptors (Lipinski definition) is 2. The topological polar surface area (TPSA) is 76.6 Å². The summed E-state index contributed by atoms with van der Waals surface area (Å²) in [7, 11) is 0. The molecule has 0 spiro atoms. The van der Waals surface area contributed by atoms with E-state index in [1.54, 1.807) is 24.3 Å². The lowest BCUT2D eigenvalue weighted by Gasteiger charge is -2.29. The normalized spacial score (nSPS) is 22.2. The number of benzene rings is 1. The molecule has 0 bridgehead atoms. The molecule has 0 saturated carbocycles. The van der Waals surface area contributed by atoms with Crippen LogP contribution in [0.25, 0.3) is 0 Å². The number of carbonyl (C=O) groups excluding carboxylic acids is 2. The van der Waals surface area contributed by atoms with E-state index in [0.717, 1.165) is 30.7 Å². The van der Waals surface area contributed by atoms with Crippen molar-refractivity contribution >= 4 is 29.1 Å². The second kappa shape index (κ2) is 6.72. The van der Waals surface area contributed by atoms with Gasteiger partial charge in [0, 0.05) is 17.1 Å². The second-order valence-corrected chi connectivity index (χ2v) is 5.53. The molecule has 2 amide bonds. The molecule has 1 unspecified atom stereocenters. The van der Waals surface area contributed by atoms with E-state index >= 15 is 0 Å². The number of piperidine rings is 1. The van der Waals surface area contributed by atoms with E-state index in [1.807, 2.05) is 0 Å². The predicted molar refractivity (Wildman–Crippen MR) is 77.6 cm³/mol. The van der Waals surface area contributed by atoms with Gasteiger partial charge in [-0.2, -0.15) is 0 Å². The molecule has 0 radical (unpaired) electrons. The van der Waals surface area contributed by atoms with Gasteiger partial charge < -0.3 is 16.0 Å². The molecule has 1 saturated heterocycles. The molecule has 20 heavy (non-hydrogen) atoms. The van der Waals surface area contributed by atoms with Gasteiger partial charge in [0.2, 0.25) is 0 Å². The van der Waals surface area contributed by atoms with E-state index in [2.05, 4.69) is 5.32 Å². The summed E-state index contributed by atoms with van der Waals surface area (Å²) in [4.78, 5) is 24.4. The van der Waals surface area contributed by atoms with Crippen molar-refractivity contribution in [2.75, 3.05) is 18.4 Å². The standard InChI is InChI=1S/C14H18ClN3O2/c15-10-4-3-5-11(8-10)17-13(19)9-18-7-2-1-6-12(18)14(16)20/h3-5,8,12H,1-2,6-7,9H2,(H2,16,20)(H,17,19)/p+1/t12-/m0/s1. The maximum absolute atomic E-state index is 12.0. The van der Waals surface area contributed by atoms with E-state index in [0.29, 0.717) is 10.7 Å². The fraction of sp³-hybridized carbons (Fsp3) is 0.429. The van der Waals surface area contributed by atoms with Crippen molar-refractivity contribution in [2.24, 2.45) is 5.73 Å². The lowest BCUT2D eigenvalue weighted by atomic mass is 10.0. The summed E-state index contributed by atoms with van der Waals surface area (Å²) in [6.45, 7) is 1.05. The SMILES string of the molecule is NC(=O)[C@@H]1CCCC[NH+]1CC(=O)Nc1cccc(Cl)c1. The van der Waals surface area contributed by atoms with Crippen LogP contribution in [0, 0.1) is 0 Å². The Morgan fingerprint density at radius 2 is 2.20 bits per heavy atom. The summed E-state index contributed by atoms with van der Waals surface area (Å²) < 4.78 is 0. The first kappa shape index (κ1) is 14.8. The summed E-state index contributed by atoms with van der Waals surface area (Å²) in [6.07, 6.45) is 2.77. The Labute approximate surface area is 123 Å². The van der Waals surface area contributed by atoms with E-state index in [-0.39, 0.29) is 24.4 Å². The van der Waals surface area contributed by atoms with E-state index in [1.165, 1.54) is 0 Å². The van der Waals surface area contributed by atoms with Gasteiger partial charge in [0.1, 0.15) is 0 Å². The minimum absolute atomic E-state index is 0.129. The van der Waals surface area contributed by atoms with Crippen LogP contribution < -0.4 is 16.0 Å². The van der Waals surface area contributed by atoms with Crippen LogP contribution >= 0.6 is 11.6 Å². The van der Waals surface area contributed by atoms with Gasteiger partial charge >= 0.3 is 0 Å². The van der Waals surface area contributed by atoms with Crippen molar-refractivity contribution in [2.45, 2.75) is 25.3 Å². The highest BCUT2D eigenvalue weighted by Gasteiger charge is 2.32. The van der Waals surface area contributed by atoms with E-state index < -0.39 is 0 Å². The molecule has 1 aliphatic rings. The third kappa shape index (κ3) is 3.95. The minimum atomic E-state index is -0.324. The summed E-state index contributed by atoms with van der Waals surface area (Å²) in [6, 6.07) is 6.74. The second-order valence-electron chi connectivity index (χ2n) is 5.09. The van der Waals surface area contributed by atoms with Crippen molar-refractivity contribution in [3.63, 3.8) is 0 Å². The van der Waals surface area contributed by atoms with E-state index in [9.17, 15) is 9.59 Å². The van der Waals surface area contributed by atoms with Crippen LogP contribution in [0.3, 0.4) is 0 Å². The number of nitrogens with one attached hydrogen (secondary N) is 2. The number of anilines is 1. The fourth-order valence-corrected chi connectivity index (χ4v) is 2.80. The fourth-order valence-electron chi connectivity index (χ4n) is 2.61. The van der Waals surface area contributed by atoms with Crippen molar-refractivity contribution in [3.05, 3.63) is 29.3 Å². The maximum Gasteiger partial charge on any atom is 0.279 e. The molecule has 2 rings (SSSR count). The van der Waals surface area contributed by atoms with Crippen LogP contribution in [0.2, 0.25) is 5.02 Å². The Kier molecular flexibility index (Phi) is 4.98. The minimum Gasteiger partial charge on any atom is -0.365 e. The molecule has 6 heteroatoms. The number of nitrogens with two attached hydrogens (primary N) is 1. The first-order chi connectivity index (χ1) is 9.56. The molecule has 0 aliphatic carbocycles. The van der Waals surface area contributed by atoms with Gasteiger partial charge in [0.25, 0.3) is 11.8 Å². The Morgan fingerprint density at radius 1 is 1.40 bits per heavy atom. The van der Waals surface area contributed by atoms with Crippen LogP contribution in [0.15, 0.2) is 24.3 Å². The van der Waals surface area contributed by atoms with Gasteiger partial charge in [-0.15, -0.1) is 0 Å². The van der Waals surface area contributed by atoms with Crippen molar-refractivity contribution in [1.29, 1.82) is 0 Å². The largest absolute Gasteiger partial charge is 0.365 e. The first-order valence-electron chi connectivity index (χ1n) is 6.75. The highest BCUT2D eigenvalue weighted by Crippen LogP contribution is 2.14. The maximum atomic E-state index is 12.0. The van der Waals surface area contributed by atoms with Crippen LogP contribution in [-0.2, 0) is 9.59 Å². The highest BCUT2D eigenvalue weighted by molar-refractivity contribution is 6.30. The number of hydrogen-bond donors (Lipinski definition) is 3. The van der Waals surface area contributed by atoms with Crippen LogP contribution in [0.5, 0.6) is 0 Å². The Hall–Kier alpha value is -1.59. The zero-order valence-corrected chi connectivity index (χ0v) is 12.0. The number of halogens is 1. The van der Waals surface area contributed by atoms with Gasteiger partial charge in [-0.1, -0.05) is 17.7 Å². The first-order valence-corrected chi connectivity index (χ1v) is 7.13. The molecule has 1 aromatic carbocycles. The number of carbonyl (C=O) groups is 2. The number of likely N-dealkylation sites (tertiary alicyclic amines) is 1. The molecule has 1 fully saturated rings. The predicted octanol–water partition coefficient (Wildman–Crippen LogP) is 0.201. The van der Waals surface area contributed by atoms with Gasteiger partial charge in [-0.05, 0) is 31.0 Å². The van der Waals surface area contributed by atoms with Crippen molar-refractivity contribution < 1.29 is 14.5 Å². The molecule has 4 N–H and O–H groups in total. The Balaban J connectivity index is 1.94.